The summed E-state index contributed by atoms with van der Waals surface area (Å²) in [6.07, 6.45) is 12.5. The third-order valence-corrected chi connectivity index (χ3v) is 4.15. The van der Waals surface area contributed by atoms with E-state index in [0.29, 0.717) is 6.04 Å². The molecule has 0 fully saturated rings. The first-order valence-corrected chi connectivity index (χ1v) is 6.91. The van der Waals surface area contributed by atoms with Crippen LogP contribution in [0.4, 0.5) is 0 Å². The molecule has 0 amide bonds. The molecule has 94 valence electrons. The summed E-state index contributed by atoms with van der Waals surface area (Å²) in [5.41, 5.74) is 5.33. The van der Waals surface area contributed by atoms with E-state index in [1.54, 1.807) is 0 Å². The number of quaternary nitrogens is 1. The molecule has 3 heterocycles. The Hall–Kier alpha value is -2.06. The van der Waals surface area contributed by atoms with Gasteiger partial charge in [-0.1, -0.05) is 31.2 Å². The van der Waals surface area contributed by atoms with Crippen LogP contribution in [-0.2, 0) is 0 Å². The second-order valence-corrected chi connectivity index (χ2v) is 5.24. The van der Waals surface area contributed by atoms with Crippen LogP contribution in [0.25, 0.3) is 17.0 Å². The predicted octanol–water partition coefficient (Wildman–Crippen LogP) is 2.94. The number of hydrogen-bond acceptors (Lipinski definition) is 0. The Kier molecular flexibility index (Phi) is 2.26. The Labute approximate surface area is 112 Å². The standard InChI is InChI=1S/C17H16N2/c1-2-12-7-8-16-17-14(9-10-19(16)11-12)13-5-3-4-6-15(13)18-17/h3-11,16,18H,2H2,1H3/p+1. The number of rotatable bonds is 1. The number of H-pyrrole nitrogens is 1. The predicted molar refractivity (Wildman–Crippen MR) is 78.6 cm³/mol. The quantitative estimate of drug-likeness (QED) is 0.775. The van der Waals surface area contributed by atoms with Crippen molar-refractivity contribution in [3.63, 3.8) is 0 Å². The van der Waals surface area contributed by atoms with Crippen molar-refractivity contribution >= 4 is 17.0 Å². The van der Waals surface area contributed by atoms with Crippen molar-refractivity contribution in [1.82, 2.24) is 4.98 Å². The summed E-state index contributed by atoms with van der Waals surface area (Å²) in [4.78, 5) is 5.00. The average molecular weight is 249 g/mol. The lowest BCUT2D eigenvalue weighted by molar-refractivity contribution is -0.820. The fraction of sp³-hybridized carbons (Fsp3) is 0.176. The molecule has 0 saturated carbocycles. The van der Waals surface area contributed by atoms with Gasteiger partial charge in [-0.15, -0.1) is 0 Å². The first-order valence-electron chi connectivity index (χ1n) is 6.91. The molecule has 19 heavy (non-hydrogen) atoms. The maximum atomic E-state index is 3.60. The van der Waals surface area contributed by atoms with Gasteiger partial charge >= 0.3 is 0 Å². The zero-order valence-corrected chi connectivity index (χ0v) is 11.0. The van der Waals surface area contributed by atoms with Crippen LogP contribution >= 0.6 is 0 Å². The molecule has 0 bridgehead atoms. The van der Waals surface area contributed by atoms with E-state index in [1.165, 1.54) is 32.6 Å². The zero-order chi connectivity index (χ0) is 12.8. The molecule has 0 saturated heterocycles. The van der Waals surface area contributed by atoms with E-state index < -0.39 is 0 Å². The van der Waals surface area contributed by atoms with Crippen LogP contribution in [0, 0.1) is 0 Å². The number of benzene rings is 1. The minimum absolute atomic E-state index is 0.391. The van der Waals surface area contributed by atoms with Gasteiger partial charge in [-0.3, -0.25) is 4.90 Å². The van der Waals surface area contributed by atoms with Crippen molar-refractivity contribution in [2.45, 2.75) is 19.4 Å². The summed E-state index contributed by atoms with van der Waals surface area (Å²) in [5, 5.41) is 1.33. The van der Waals surface area contributed by atoms with Gasteiger partial charge in [0, 0.05) is 28.1 Å². The Morgan fingerprint density at radius 1 is 1.21 bits per heavy atom. The highest BCUT2D eigenvalue weighted by molar-refractivity contribution is 5.91. The SMILES string of the molecule is CCC1=C[NH+]2C=Cc3c([nH]c4ccccc34)C2C=C1. The van der Waals surface area contributed by atoms with Crippen molar-refractivity contribution in [1.29, 1.82) is 0 Å². The van der Waals surface area contributed by atoms with Gasteiger partial charge in [0.15, 0.2) is 6.04 Å². The first-order chi connectivity index (χ1) is 9.36. The highest BCUT2D eigenvalue weighted by Crippen LogP contribution is 2.30. The van der Waals surface area contributed by atoms with E-state index in [-0.39, 0.29) is 0 Å². The molecule has 1 aromatic carbocycles. The highest BCUT2D eigenvalue weighted by Gasteiger charge is 2.29. The highest BCUT2D eigenvalue weighted by atomic mass is 15.1. The zero-order valence-electron chi connectivity index (χ0n) is 11.0. The van der Waals surface area contributed by atoms with Gasteiger partial charge < -0.3 is 4.98 Å². The van der Waals surface area contributed by atoms with Crippen molar-refractivity contribution in [2.24, 2.45) is 0 Å². The minimum atomic E-state index is 0.391. The van der Waals surface area contributed by atoms with Gasteiger partial charge in [0.1, 0.15) is 12.4 Å². The lowest BCUT2D eigenvalue weighted by atomic mass is 9.98. The van der Waals surface area contributed by atoms with Crippen molar-refractivity contribution in [3.8, 4) is 0 Å². The lowest BCUT2D eigenvalue weighted by Gasteiger charge is -2.26. The molecule has 1 aromatic heterocycles. The van der Waals surface area contributed by atoms with Gasteiger partial charge in [0.2, 0.25) is 0 Å². The molecule has 2 nitrogen and oxygen atoms in total. The maximum Gasteiger partial charge on any atom is 0.156 e. The van der Waals surface area contributed by atoms with Gasteiger partial charge in [-0.2, -0.15) is 0 Å². The lowest BCUT2D eigenvalue weighted by Crippen LogP contribution is -3.04. The fourth-order valence-corrected chi connectivity index (χ4v) is 3.11. The Morgan fingerprint density at radius 3 is 3.00 bits per heavy atom. The first kappa shape index (κ1) is 10.8. The average Bonchev–Trinajstić information content (AvgIpc) is 2.85. The van der Waals surface area contributed by atoms with Crippen LogP contribution in [-0.4, -0.2) is 4.98 Å². The number of nitrogens with one attached hydrogen (secondary N) is 2. The molecular weight excluding hydrogens is 232 g/mol. The van der Waals surface area contributed by atoms with Crippen LogP contribution in [0.2, 0.25) is 0 Å². The molecule has 2 aromatic rings. The van der Waals surface area contributed by atoms with E-state index in [9.17, 15) is 0 Å². The third-order valence-electron chi connectivity index (χ3n) is 4.15. The number of aromatic nitrogens is 1. The molecule has 2 atom stereocenters. The largest absolute Gasteiger partial charge is 0.353 e. The number of hydrogen-bond donors (Lipinski definition) is 2. The van der Waals surface area contributed by atoms with E-state index in [1.807, 2.05) is 0 Å². The van der Waals surface area contributed by atoms with E-state index >= 15 is 0 Å². The molecule has 0 radical (unpaired) electrons. The van der Waals surface area contributed by atoms with Crippen molar-refractivity contribution in [3.05, 3.63) is 65.6 Å². The number of allylic oxidation sites excluding steroid dienone is 2. The van der Waals surface area contributed by atoms with Gasteiger partial charge in [0.05, 0.1) is 5.69 Å². The summed E-state index contributed by atoms with van der Waals surface area (Å²) >= 11 is 0. The maximum absolute atomic E-state index is 3.60. The summed E-state index contributed by atoms with van der Waals surface area (Å²) in [6, 6.07) is 8.93. The van der Waals surface area contributed by atoms with Crippen molar-refractivity contribution in [2.75, 3.05) is 0 Å². The second kappa shape index (κ2) is 3.97. The molecule has 2 unspecified atom stereocenters. The van der Waals surface area contributed by atoms with Crippen LogP contribution < -0.4 is 4.90 Å². The van der Waals surface area contributed by atoms with Gasteiger partial charge in [-0.05, 0) is 18.6 Å². The minimum Gasteiger partial charge on any atom is -0.353 e. The van der Waals surface area contributed by atoms with E-state index in [4.69, 9.17) is 0 Å². The summed E-state index contributed by atoms with van der Waals surface area (Å²) in [7, 11) is 0. The third kappa shape index (κ3) is 1.53. The summed E-state index contributed by atoms with van der Waals surface area (Å²) in [6.45, 7) is 2.21. The van der Waals surface area contributed by atoms with Gasteiger partial charge in [0.25, 0.3) is 0 Å². The van der Waals surface area contributed by atoms with E-state index in [0.717, 1.165) is 6.42 Å². The molecular formula is C17H17N2+. The fourth-order valence-electron chi connectivity index (χ4n) is 3.11. The number of para-hydroxylation sites is 1. The molecule has 0 aliphatic carbocycles. The normalized spacial score (nSPS) is 24.2. The van der Waals surface area contributed by atoms with E-state index in [2.05, 4.69) is 66.8 Å². The Bertz CT molecular complexity index is 731. The van der Waals surface area contributed by atoms with Crippen molar-refractivity contribution < 1.29 is 4.90 Å². The molecule has 2 heteroatoms. The topological polar surface area (TPSA) is 20.2 Å². The van der Waals surface area contributed by atoms with Crippen LogP contribution in [0.15, 0.2) is 54.4 Å². The molecule has 2 aliphatic heterocycles. The summed E-state index contributed by atoms with van der Waals surface area (Å²) < 4.78 is 0. The van der Waals surface area contributed by atoms with Crippen LogP contribution in [0.1, 0.15) is 30.6 Å². The molecule has 2 N–H and O–H groups in total. The molecule has 2 aliphatic rings. The Morgan fingerprint density at radius 2 is 2.11 bits per heavy atom. The second-order valence-electron chi connectivity index (χ2n) is 5.24. The van der Waals surface area contributed by atoms with Crippen LogP contribution in [0.3, 0.4) is 0 Å². The molecule has 4 rings (SSSR count). The number of fused-ring (bicyclic) bond motifs is 5. The monoisotopic (exact) mass is 249 g/mol. The van der Waals surface area contributed by atoms with Gasteiger partial charge in [-0.25, -0.2) is 0 Å². The van der Waals surface area contributed by atoms with Crippen LogP contribution in [0.5, 0.6) is 0 Å². The smallest absolute Gasteiger partial charge is 0.156 e. The molecule has 0 spiro atoms. The summed E-state index contributed by atoms with van der Waals surface area (Å²) in [5.74, 6) is 0. The number of aromatic amines is 1. The Balaban J connectivity index is 1.89.